The molecule has 0 saturated carbocycles. The number of hydrogen-bond donors (Lipinski definition) is 0. The summed E-state index contributed by atoms with van der Waals surface area (Å²) in [7, 11) is 0. The summed E-state index contributed by atoms with van der Waals surface area (Å²) in [5.41, 5.74) is 1.47. The van der Waals surface area contributed by atoms with E-state index in [-0.39, 0.29) is 0 Å². The van der Waals surface area contributed by atoms with Crippen molar-refractivity contribution in [3.63, 3.8) is 0 Å². The van der Waals surface area contributed by atoms with Gasteiger partial charge in [-0.1, -0.05) is 30.3 Å². The van der Waals surface area contributed by atoms with Gasteiger partial charge < -0.3 is 0 Å². The molecule has 3 fully saturated rings. The summed E-state index contributed by atoms with van der Waals surface area (Å²) in [5, 5.41) is 0. The van der Waals surface area contributed by atoms with Crippen LogP contribution in [0.3, 0.4) is 0 Å². The predicted octanol–water partition coefficient (Wildman–Crippen LogP) is 3.66. The minimum absolute atomic E-state index is 0.582. The number of benzene rings is 1. The Morgan fingerprint density at radius 1 is 1.00 bits per heavy atom. The van der Waals surface area contributed by atoms with E-state index in [1.165, 1.54) is 41.7 Å². The summed E-state index contributed by atoms with van der Waals surface area (Å²) in [4.78, 5) is 2.72. The Hall–Kier alpha value is 0.230. The molecule has 3 aliphatic heterocycles. The number of rotatable bonds is 2. The fourth-order valence-electron chi connectivity index (χ4n) is 3.86. The molecule has 3 saturated heterocycles. The molecule has 3 aliphatic rings. The van der Waals surface area contributed by atoms with Crippen molar-refractivity contribution in [2.24, 2.45) is 11.8 Å². The maximum atomic E-state index is 2.72. The van der Waals surface area contributed by atoms with Crippen molar-refractivity contribution in [2.45, 2.75) is 10.6 Å². The largest absolute Gasteiger partial charge is 0.298 e. The standard InChI is InChI=1S/C16H21NS3/c1-2-4-13(5-3-1)8-17-9-14-11-18-12-15(10-17)16(14)19-6-7-20-16/h1-5,14-15H,6-12H2/t14-,15+. The molecule has 0 unspecified atom stereocenters. The molecule has 4 rings (SSSR count). The first-order chi connectivity index (χ1) is 9.87. The Bertz CT molecular complexity index is 442. The van der Waals surface area contributed by atoms with Gasteiger partial charge in [0, 0.05) is 43.0 Å². The van der Waals surface area contributed by atoms with Gasteiger partial charge in [0.2, 0.25) is 0 Å². The second-order valence-corrected chi connectivity index (χ2v) is 10.1. The Morgan fingerprint density at radius 3 is 2.30 bits per heavy atom. The van der Waals surface area contributed by atoms with Crippen molar-refractivity contribution in [3.05, 3.63) is 35.9 Å². The minimum atomic E-state index is 0.582. The number of thioether (sulfide) groups is 3. The van der Waals surface area contributed by atoms with Crippen molar-refractivity contribution in [1.82, 2.24) is 4.90 Å². The highest BCUT2D eigenvalue weighted by Gasteiger charge is 2.54. The molecule has 0 aromatic heterocycles. The van der Waals surface area contributed by atoms with E-state index in [1.807, 2.05) is 0 Å². The predicted molar refractivity (Wildman–Crippen MR) is 93.7 cm³/mol. The van der Waals surface area contributed by atoms with Crippen LogP contribution in [-0.2, 0) is 6.54 Å². The average Bonchev–Trinajstić information content (AvgIpc) is 2.91. The first-order valence-electron chi connectivity index (χ1n) is 7.49. The molecule has 2 bridgehead atoms. The quantitative estimate of drug-likeness (QED) is 0.817. The maximum absolute atomic E-state index is 2.72. The zero-order chi connectivity index (χ0) is 13.4. The summed E-state index contributed by atoms with van der Waals surface area (Å²) in [5.74, 6) is 7.29. The van der Waals surface area contributed by atoms with Crippen molar-refractivity contribution in [2.75, 3.05) is 36.1 Å². The number of likely N-dealkylation sites (tertiary alicyclic amines) is 1. The lowest BCUT2D eigenvalue weighted by Crippen LogP contribution is -2.57. The monoisotopic (exact) mass is 323 g/mol. The molecule has 1 spiro atoms. The second kappa shape index (κ2) is 5.79. The Balaban J connectivity index is 1.51. The Morgan fingerprint density at radius 2 is 1.65 bits per heavy atom. The van der Waals surface area contributed by atoms with Gasteiger partial charge in [0.15, 0.2) is 0 Å². The van der Waals surface area contributed by atoms with Crippen LogP contribution in [-0.4, -0.2) is 45.1 Å². The zero-order valence-electron chi connectivity index (χ0n) is 11.7. The summed E-state index contributed by atoms with van der Waals surface area (Å²) >= 11 is 6.78. The van der Waals surface area contributed by atoms with E-state index >= 15 is 0 Å². The van der Waals surface area contributed by atoms with E-state index in [4.69, 9.17) is 0 Å². The molecule has 1 aromatic rings. The molecule has 20 heavy (non-hydrogen) atoms. The van der Waals surface area contributed by atoms with Crippen LogP contribution >= 0.6 is 35.3 Å². The topological polar surface area (TPSA) is 3.24 Å². The van der Waals surface area contributed by atoms with Crippen LogP contribution in [0.1, 0.15) is 5.56 Å². The van der Waals surface area contributed by atoms with Crippen molar-refractivity contribution >= 4 is 35.3 Å². The first kappa shape index (κ1) is 13.9. The van der Waals surface area contributed by atoms with Gasteiger partial charge in [-0.25, -0.2) is 0 Å². The Labute approximate surface area is 134 Å². The highest BCUT2D eigenvalue weighted by atomic mass is 32.2. The Kier molecular flexibility index (Phi) is 4.01. The zero-order valence-corrected chi connectivity index (χ0v) is 14.1. The highest BCUT2D eigenvalue weighted by molar-refractivity contribution is 8.21. The number of nitrogens with zero attached hydrogens (tertiary/aromatic N) is 1. The summed E-state index contributed by atoms with van der Waals surface area (Å²) in [6, 6.07) is 11.0. The van der Waals surface area contributed by atoms with Crippen LogP contribution in [0.25, 0.3) is 0 Å². The third-order valence-electron chi connectivity index (χ3n) is 4.72. The van der Waals surface area contributed by atoms with Gasteiger partial charge >= 0.3 is 0 Å². The van der Waals surface area contributed by atoms with Crippen LogP contribution in [0.4, 0.5) is 0 Å². The molecule has 1 nitrogen and oxygen atoms in total. The van der Waals surface area contributed by atoms with Gasteiger partial charge in [0.05, 0.1) is 4.08 Å². The van der Waals surface area contributed by atoms with Gasteiger partial charge in [-0.3, -0.25) is 4.90 Å². The molecule has 0 amide bonds. The molecule has 0 radical (unpaired) electrons. The highest BCUT2D eigenvalue weighted by Crippen LogP contribution is 2.59. The van der Waals surface area contributed by atoms with Gasteiger partial charge in [-0.2, -0.15) is 11.8 Å². The van der Waals surface area contributed by atoms with Gasteiger partial charge in [-0.05, 0) is 17.1 Å². The van der Waals surface area contributed by atoms with Crippen molar-refractivity contribution in [1.29, 1.82) is 0 Å². The maximum Gasteiger partial charge on any atom is 0.0707 e. The fourth-order valence-corrected chi connectivity index (χ4v) is 9.44. The van der Waals surface area contributed by atoms with Gasteiger partial charge in [-0.15, -0.1) is 23.5 Å². The lowest BCUT2D eigenvalue weighted by Gasteiger charge is -2.53. The minimum Gasteiger partial charge on any atom is -0.298 e. The smallest absolute Gasteiger partial charge is 0.0707 e. The van der Waals surface area contributed by atoms with Crippen LogP contribution in [0.5, 0.6) is 0 Å². The number of hydrogen-bond acceptors (Lipinski definition) is 4. The molecule has 4 heteroatoms. The van der Waals surface area contributed by atoms with Crippen LogP contribution in [0.15, 0.2) is 30.3 Å². The van der Waals surface area contributed by atoms with E-state index in [1.54, 1.807) is 0 Å². The van der Waals surface area contributed by atoms with Crippen molar-refractivity contribution < 1.29 is 0 Å². The third kappa shape index (κ3) is 2.43. The van der Waals surface area contributed by atoms with Crippen LogP contribution in [0.2, 0.25) is 0 Å². The third-order valence-corrected chi connectivity index (χ3v) is 10.0. The van der Waals surface area contributed by atoms with E-state index < -0.39 is 0 Å². The van der Waals surface area contributed by atoms with E-state index in [9.17, 15) is 0 Å². The molecular weight excluding hydrogens is 302 g/mol. The molecule has 3 heterocycles. The van der Waals surface area contributed by atoms with Crippen molar-refractivity contribution in [3.8, 4) is 0 Å². The lowest BCUT2D eigenvalue weighted by molar-refractivity contribution is 0.129. The van der Waals surface area contributed by atoms with Crippen LogP contribution in [0, 0.1) is 11.8 Å². The summed E-state index contributed by atoms with van der Waals surface area (Å²) in [6.45, 7) is 3.75. The average molecular weight is 324 g/mol. The lowest BCUT2D eigenvalue weighted by atomic mass is 9.89. The SMILES string of the molecule is c1ccc(CN2C[C@H]3CSC[C@@H](C2)C32SCCS2)cc1. The molecule has 0 N–H and O–H groups in total. The van der Waals surface area contributed by atoms with Gasteiger partial charge in [0.25, 0.3) is 0 Å². The molecule has 1 aromatic carbocycles. The van der Waals surface area contributed by atoms with Crippen LogP contribution < -0.4 is 0 Å². The normalized spacial score (nSPS) is 32.6. The first-order valence-corrected chi connectivity index (χ1v) is 10.6. The molecule has 0 aliphatic carbocycles. The van der Waals surface area contributed by atoms with Gasteiger partial charge in [0.1, 0.15) is 0 Å². The molecule has 2 atom stereocenters. The summed E-state index contributed by atoms with van der Waals surface area (Å²) in [6.07, 6.45) is 0. The number of piperidine rings is 1. The van der Waals surface area contributed by atoms with E-state index in [0.29, 0.717) is 4.08 Å². The second-order valence-electron chi connectivity index (χ2n) is 6.03. The summed E-state index contributed by atoms with van der Waals surface area (Å²) < 4.78 is 0.582. The van der Waals surface area contributed by atoms with E-state index in [2.05, 4.69) is 70.5 Å². The fraction of sp³-hybridized carbons (Fsp3) is 0.625. The molecule has 108 valence electrons. The molecular formula is C16H21NS3. The van der Waals surface area contributed by atoms with E-state index in [0.717, 1.165) is 18.4 Å².